The highest BCUT2D eigenvalue weighted by Crippen LogP contribution is 2.17. The first kappa shape index (κ1) is 13.2. The summed E-state index contributed by atoms with van der Waals surface area (Å²) in [5.41, 5.74) is 5.90. The Kier molecular flexibility index (Phi) is 3.88. The fraction of sp³-hybridized carbons (Fsp3) is 0.222. The van der Waals surface area contributed by atoms with Crippen molar-refractivity contribution in [2.75, 3.05) is 18.4 Å². The first-order valence-electron chi connectivity index (χ1n) is 5.23. The smallest absolute Gasteiger partial charge is 0.246 e. The number of amides is 2. The van der Waals surface area contributed by atoms with Crippen LogP contribution in [0.3, 0.4) is 0 Å². The molecule has 0 unspecified atom stereocenters. The standard InChI is InChI=1S/C9H10ClN7O2/c10-7-6-8(14-3-13-6)17-9(16-7)15-5(19)2-12-4(18)1-11/h3H,1-2,11H2,(H,12,18)(H2,13,14,15,16,17,19). The summed E-state index contributed by atoms with van der Waals surface area (Å²) >= 11 is 5.88. The van der Waals surface area contributed by atoms with Gasteiger partial charge in [-0.25, -0.2) is 4.98 Å². The van der Waals surface area contributed by atoms with Crippen molar-refractivity contribution < 1.29 is 9.59 Å². The number of hydrogen-bond donors (Lipinski definition) is 4. The van der Waals surface area contributed by atoms with Crippen LogP contribution < -0.4 is 16.4 Å². The van der Waals surface area contributed by atoms with Crippen LogP contribution in [-0.2, 0) is 9.59 Å². The number of anilines is 1. The van der Waals surface area contributed by atoms with Crippen LogP contribution in [0.15, 0.2) is 6.33 Å². The molecule has 0 atom stereocenters. The van der Waals surface area contributed by atoms with Crippen LogP contribution in [0.1, 0.15) is 0 Å². The number of hydrogen-bond acceptors (Lipinski definition) is 6. The highest BCUT2D eigenvalue weighted by molar-refractivity contribution is 6.33. The molecule has 5 N–H and O–H groups in total. The van der Waals surface area contributed by atoms with Gasteiger partial charge in [0.05, 0.1) is 19.4 Å². The van der Waals surface area contributed by atoms with Crippen molar-refractivity contribution in [3.63, 3.8) is 0 Å². The Hall–Kier alpha value is -2.26. The van der Waals surface area contributed by atoms with Crippen molar-refractivity contribution in [3.8, 4) is 0 Å². The third-order valence-electron chi connectivity index (χ3n) is 2.12. The Balaban J connectivity index is 2.04. The van der Waals surface area contributed by atoms with E-state index in [4.69, 9.17) is 17.3 Å². The van der Waals surface area contributed by atoms with Gasteiger partial charge >= 0.3 is 0 Å². The summed E-state index contributed by atoms with van der Waals surface area (Å²) in [6.45, 7) is -0.412. The Labute approximate surface area is 112 Å². The topological polar surface area (TPSA) is 139 Å². The van der Waals surface area contributed by atoms with E-state index in [-0.39, 0.29) is 24.2 Å². The third-order valence-corrected chi connectivity index (χ3v) is 2.40. The quantitative estimate of drug-likeness (QED) is 0.532. The molecule has 2 rings (SSSR count). The maximum Gasteiger partial charge on any atom is 0.246 e. The number of rotatable bonds is 4. The number of carbonyl (C=O) groups is 2. The number of nitrogens with two attached hydrogens (primary N) is 1. The maximum atomic E-state index is 11.5. The van der Waals surface area contributed by atoms with E-state index in [9.17, 15) is 9.59 Å². The number of halogens is 1. The number of aromatic amines is 1. The summed E-state index contributed by atoms with van der Waals surface area (Å²) in [6.07, 6.45) is 1.41. The molecule has 2 aromatic rings. The Bertz CT molecular complexity index is 626. The molecule has 0 spiro atoms. The zero-order chi connectivity index (χ0) is 13.8. The fourth-order valence-electron chi connectivity index (χ4n) is 1.27. The second kappa shape index (κ2) is 5.59. The Morgan fingerprint density at radius 3 is 2.89 bits per heavy atom. The average Bonchev–Trinajstić information content (AvgIpc) is 2.84. The summed E-state index contributed by atoms with van der Waals surface area (Å²) < 4.78 is 0. The van der Waals surface area contributed by atoms with Crippen molar-refractivity contribution in [2.45, 2.75) is 0 Å². The lowest BCUT2D eigenvalue weighted by atomic mass is 10.5. The minimum atomic E-state index is -0.493. The zero-order valence-electron chi connectivity index (χ0n) is 9.61. The minimum Gasteiger partial charge on any atom is -0.346 e. The molecule has 0 aliphatic heterocycles. The molecule has 0 aliphatic rings. The molecule has 19 heavy (non-hydrogen) atoms. The molecular formula is C9H10ClN7O2. The average molecular weight is 284 g/mol. The first-order valence-corrected chi connectivity index (χ1v) is 5.61. The van der Waals surface area contributed by atoms with Crippen molar-refractivity contribution in [1.29, 1.82) is 0 Å². The molecule has 0 aromatic carbocycles. The summed E-state index contributed by atoms with van der Waals surface area (Å²) in [4.78, 5) is 36.9. The molecule has 0 saturated heterocycles. The molecule has 0 fully saturated rings. The van der Waals surface area contributed by atoms with E-state index in [1.807, 2.05) is 0 Å². The lowest BCUT2D eigenvalue weighted by molar-refractivity contribution is -0.123. The number of carbonyl (C=O) groups excluding carboxylic acids is 2. The third kappa shape index (κ3) is 3.14. The monoisotopic (exact) mass is 283 g/mol. The number of imidazole rings is 1. The van der Waals surface area contributed by atoms with E-state index in [1.54, 1.807) is 0 Å². The SMILES string of the molecule is NCC(=O)NCC(=O)Nc1nc(Cl)c2[nH]cnc2n1. The van der Waals surface area contributed by atoms with Gasteiger partial charge in [0.1, 0.15) is 5.52 Å². The molecule has 0 aliphatic carbocycles. The van der Waals surface area contributed by atoms with Crippen molar-refractivity contribution in [1.82, 2.24) is 25.3 Å². The predicted octanol–water partition coefficient (Wildman–Crippen LogP) is -0.980. The van der Waals surface area contributed by atoms with E-state index in [2.05, 4.69) is 30.6 Å². The summed E-state index contributed by atoms with van der Waals surface area (Å²) in [5, 5.41) is 4.84. The van der Waals surface area contributed by atoms with Crippen LogP contribution in [0.2, 0.25) is 5.15 Å². The molecule has 100 valence electrons. The normalized spacial score (nSPS) is 10.4. The number of fused-ring (bicyclic) bond motifs is 1. The van der Waals surface area contributed by atoms with E-state index in [0.29, 0.717) is 11.2 Å². The van der Waals surface area contributed by atoms with E-state index >= 15 is 0 Å². The second-order valence-electron chi connectivity index (χ2n) is 3.47. The summed E-state index contributed by atoms with van der Waals surface area (Å²) in [5.74, 6) is -0.916. The van der Waals surface area contributed by atoms with Gasteiger partial charge in [0.2, 0.25) is 17.8 Å². The van der Waals surface area contributed by atoms with Crippen LogP contribution in [-0.4, -0.2) is 44.8 Å². The van der Waals surface area contributed by atoms with Gasteiger partial charge in [-0.2, -0.15) is 9.97 Å². The summed E-state index contributed by atoms with van der Waals surface area (Å²) in [7, 11) is 0. The molecule has 9 nitrogen and oxygen atoms in total. The van der Waals surface area contributed by atoms with Crippen molar-refractivity contribution in [2.24, 2.45) is 5.73 Å². The molecule has 10 heteroatoms. The van der Waals surface area contributed by atoms with Gasteiger partial charge in [0, 0.05) is 0 Å². The van der Waals surface area contributed by atoms with Crippen LogP contribution in [0, 0.1) is 0 Å². The maximum absolute atomic E-state index is 11.5. The van der Waals surface area contributed by atoms with Gasteiger partial charge in [-0.15, -0.1) is 0 Å². The minimum absolute atomic E-state index is 0.0107. The highest BCUT2D eigenvalue weighted by Gasteiger charge is 2.11. The molecule has 2 aromatic heterocycles. The van der Waals surface area contributed by atoms with E-state index in [0.717, 1.165) is 0 Å². The first-order chi connectivity index (χ1) is 9.10. The molecule has 0 radical (unpaired) electrons. The molecule has 0 bridgehead atoms. The zero-order valence-corrected chi connectivity index (χ0v) is 10.4. The van der Waals surface area contributed by atoms with Gasteiger partial charge in [-0.3, -0.25) is 14.9 Å². The molecule has 2 heterocycles. The van der Waals surface area contributed by atoms with Crippen LogP contribution in [0.5, 0.6) is 0 Å². The number of nitrogens with one attached hydrogen (secondary N) is 3. The van der Waals surface area contributed by atoms with Gasteiger partial charge < -0.3 is 16.0 Å². The number of nitrogens with zero attached hydrogens (tertiary/aromatic N) is 3. The Morgan fingerprint density at radius 2 is 2.16 bits per heavy atom. The number of H-pyrrole nitrogens is 1. The van der Waals surface area contributed by atoms with Gasteiger partial charge in [-0.1, -0.05) is 11.6 Å². The fourth-order valence-corrected chi connectivity index (χ4v) is 1.49. The largest absolute Gasteiger partial charge is 0.346 e. The summed E-state index contributed by atoms with van der Waals surface area (Å²) in [6, 6.07) is 0. The number of aromatic nitrogens is 4. The highest BCUT2D eigenvalue weighted by atomic mass is 35.5. The van der Waals surface area contributed by atoms with E-state index in [1.165, 1.54) is 6.33 Å². The van der Waals surface area contributed by atoms with Crippen molar-refractivity contribution >= 4 is 40.5 Å². The van der Waals surface area contributed by atoms with Crippen LogP contribution >= 0.6 is 11.6 Å². The van der Waals surface area contributed by atoms with Gasteiger partial charge in [0.25, 0.3) is 0 Å². The molecular weight excluding hydrogens is 274 g/mol. The van der Waals surface area contributed by atoms with E-state index < -0.39 is 11.8 Å². The lowest BCUT2D eigenvalue weighted by Crippen LogP contribution is -2.36. The van der Waals surface area contributed by atoms with Crippen LogP contribution in [0.25, 0.3) is 11.2 Å². The van der Waals surface area contributed by atoms with Crippen LogP contribution in [0.4, 0.5) is 5.95 Å². The van der Waals surface area contributed by atoms with Gasteiger partial charge in [0.15, 0.2) is 10.8 Å². The second-order valence-corrected chi connectivity index (χ2v) is 3.83. The Morgan fingerprint density at radius 1 is 1.37 bits per heavy atom. The van der Waals surface area contributed by atoms with Gasteiger partial charge in [-0.05, 0) is 0 Å². The predicted molar refractivity (Wildman–Crippen MR) is 67.4 cm³/mol. The molecule has 2 amide bonds. The lowest BCUT2D eigenvalue weighted by Gasteiger charge is -2.05. The van der Waals surface area contributed by atoms with Crippen molar-refractivity contribution in [3.05, 3.63) is 11.5 Å². The molecule has 0 saturated carbocycles.